The van der Waals surface area contributed by atoms with Gasteiger partial charge in [-0.25, -0.2) is 4.98 Å². The first kappa shape index (κ1) is 14.3. The van der Waals surface area contributed by atoms with Gasteiger partial charge in [0.25, 0.3) is 5.91 Å². The van der Waals surface area contributed by atoms with Crippen molar-refractivity contribution in [1.29, 1.82) is 0 Å². The summed E-state index contributed by atoms with van der Waals surface area (Å²) in [5.74, 6) is 0.447. The Bertz CT molecular complexity index is 806. The van der Waals surface area contributed by atoms with E-state index in [1.165, 1.54) is 12.7 Å². The monoisotopic (exact) mass is 295 g/mol. The molecule has 0 fully saturated rings. The molecule has 0 saturated heterocycles. The zero-order valence-corrected chi connectivity index (χ0v) is 12.5. The Morgan fingerprint density at radius 1 is 1.23 bits per heavy atom. The first-order valence-corrected chi connectivity index (χ1v) is 7.02. The maximum Gasteiger partial charge on any atom is 0.251 e. The number of methoxy groups -OCH3 is 1. The van der Waals surface area contributed by atoms with E-state index in [1.807, 2.05) is 60.0 Å². The molecule has 5 nitrogen and oxygen atoms in total. The predicted octanol–water partition coefficient (Wildman–Crippen LogP) is 2.89. The van der Waals surface area contributed by atoms with Crippen molar-refractivity contribution in [2.24, 2.45) is 0 Å². The number of hydrogen-bond donors (Lipinski definition) is 1. The standard InChI is InChI=1S/C17H17N3O2/c1-12-6-8-13(9-7-12)16-17(19-15(21)11-22-2)20-10-4-3-5-14(20)18-16/h3-10H,11H2,1-2H3,(H,19,21). The first-order chi connectivity index (χ1) is 10.7. The molecule has 0 bridgehead atoms. The van der Waals surface area contributed by atoms with E-state index in [0.29, 0.717) is 5.82 Å². The number of rotatable bonds is 4. The molecule has 2 aromatic heterocycles. The van der Waals surface area contributed by atoms with Crippen molar-refractivity contribution >= 4 is 17.4 Å². The summed E-state index contributed by atoms with van der Waals surface area (Å²) in [7, 11) is 1.49. The number of imidazole rings is 1. The number of carbonyl (C=O) groups is 1. The Hall–Kier alpha value is -2.66. The second-order valence-electron chi connectivity index (χ2n) is 5.09. The van der Waals surface area contributed by atoms with Crippen LogP contribution >= 0.6 is 0 Å². The van der Waals surface area contributed by atoms with Gasteiger partial charge in [0.05, 0.1) is 0 Å². The average Bonchev–Trinajstić information content (AvgIpc) is 2.87. The van der Waals surface area contributed by atoms with Crippen molar-refractivity contribution in [3.63, 3.8) is 0 Å². The molecule has 22 heavy (non-hydrogen) atoms. The normalized spacial score (nSPS) is 10.8. The van der Waals surface area contributed by atoms with Crippen molar-refractivity contribution in [1.82, 2.24) is 9.38 Å². The number of ether oxygens (including phenoxy) is 1. The molecule has 0 saturated carbocycles. The van der Waals surface area contributed by atoms with Crippen LogP contribution in [0.25, 0.3) is 16.9 Å². The predicted molar refractivity (Wildman–Crippen MR) is 85.9 cm³/mol. The molecule has 0 aliphatic heterocycles. The first-order valence-electron chi connectivity index (χ1n) is 7.02. The van der Waals surface area contributed by atoms with Crippen LogP contribution in [0.1, 0.15) is 5.56 Å². The summed E-state index contributed by atoms with van der Waals surface area (Å²) >= 11 is 0. The Labute approximate surface area is 128 Å². The van der Waals surface area contributed by atoms with E-state index in [-0.39, 0.29) is 12.5 Å². The van der Waals surface area contributed by atoms with Crippen molar-refractivity contribution in [2.45, 2.75) is 6.92 Å². The zero-order valence-electron chi connectivity index (χ0n) is 12.5. The van der Waals surface area contributed by atoms with Crippen molar-refractivity contribution in [2.75, 3.05) is 19.0 Å². The maximum absolute atomic E-state index is 11.9. The van der Waals surface area contributed by atoms with Crippen LogP contribution < -0.4 is 5.32 Å². The van der Waals surface area contributed by atoms with E-state index < -0.39 is 0 Å². The van der Waals surface area contributed by atoms with Crippen LogP contribution in [0.4, 0.5) is 5.82 Å². The van der Waals surface area contributed by atoms with Crippen LogP contribution in [0.15, 0.2) is 48.7 Å². The number of nitrogens with zero attached hydrogens (tertiary/aromatic N) is 2. The highest BCUT2D eigenvalue weighted by Gasteiger charge is 2.15. The number of benzene rings is 1. The lowest BCUT2D eigenvalue weighted by Crippen LogP contribution is -2.18. The van der Waals surface area contributed by atoms with E-state index >= 15 is 0 Å². The third-order valence-electron chi connectivity index (χ3n) is 3.39. The second-order valence-corrected chi connectivity index (χ2v) is 5.09. The SMILES string of the molecule is COCC(=O)Nc1c(-c2ccc(C)cc2)nc2ccccn12. The van der Waals surface area contributed by atoms with Gasteiger partial charge in [0.15, 0.2) is 0 Å². The third kappa shape index (κ3) is 2.71. The van der Waals surface area contributed by atoms with Crippen LogP contribution in [0.2, 0.25) is 0 Å². The highest BCUT2D eigenvalue weighted by atomic mass is 16.5. The molecule has 0 unspecified atom stereocenters. The smallest absolute Gasteiger partial charge is 0.251 e. The molecule has 112 valence electrons. The lowest BCUT2D eigenvalue weighted by Gasteiger charge is -2.07. The topological polar surface area (TPSA) is 55.6 Å². The number of amides is 1. The summed E-state index contributed by atoms with van der Waals surface area (Å²) in [6, 6.07) is 13.8. The maximum atomic E-state index is 11.9. The summed E-state index contributed by atoms with van der Waals surface area (Å²) < 4.78 is 6.75. The van der Waals surface area contributed by atoms with E-state index in [0.717, 1.165) is 16.9 Å². The number of pyridine rings is 1. The fourth-order valence-corrected chi connectivity index (χ4v) is 2.33. The largest absolute Gasteiger partial charge is 0.375 e. The number of aryl methyl sites for hydroxylation is 1. The third-order valence-corrected chi connectivity index (χ3v) is 3.39. The van der Waals surface area contributed by atoms with Gasteiger partial charge in [-0.05, 0) is 19.1 Å². The van der Waals surface area contributed by atoms with Gasteiger partial charge < -0.3 is 10.1 Å². The summed E-state index contributed by atoms with van der Waals surface area (Å²) in [6.07, 6.45) is 1.88. The Morgan fingerprint density at radius 3 is 2.73 bits per heavy atom. The summed E-state index contributed by atoms with van der Waals surface area (Å²) in [6.45, 7) is 2.04. The molecular formula is C17H17N3O2. The van der Waals surface area contributed by atoms with Crippen molar-refractivity contribution in [3.8, 4) is 11.3 Å². The molecule has 0 aliphatic rings. The molecule has 0 radical (unpaired) electrons. The minimum absolute atomic E-state index is 0.00735. The van der Waals surface area contributed by atoms with E-state index in [9.17, 15) is 4.79 Å². The molecule has 3 aromatic rings. The second kappa shape index (κ2) is 5.99. The van der Waals surface area contributed by atoms with Crippen molar-refractivity contribution in [3.05, 3.63) is 54.2 Å². The van der Waals surface area contributed by atoms with Gasteiger partial charge in [0.2, 0.25) is 0 Å². The molecule has 1 amide bonds. The van der Waals surface area contributed by atoms with E-state index in [4.69, 9.17) is 4.74 Å². The number of anilines is 1. The van der Waals surface area contributed by atoms with Gasteiger partial charge in [0, 0.05) is 18.9 Å². The number of fused-ring (bicyclic) bond motifs is 1. The van der Waals surface area contributed by atoms with Gasteiger partial charge in [0.1, 0.15) is 23.8 Å². The molecule has 5 heteroatoms. The number of aromatic nitrogens is 2. The molecule has 0 aliphatic carbocycles. The fraction of sp³-hybridized carbons (Fsp3) is 0.176. The number of carbonyl (C=O) groups excluding carboxylic acids is 1. The van der Waals surface area contributed by atoms with Crippen LogP contribution in [-0.2, 0) is 9.53 Å². The van der Waals surface area contributed by atoms with Crippen molar-refractivity contribution < 1.29 is 9.53 Å². The summed E-state index contributed by atoms with van der Waals surface area (Å²) in [4.78, 5) is 16.5. The zero-order chi connectivity index (χ0) is 15.5. The minimum atomic E-state index is -0.207. The summed E-state index contributed by atoms with van der Waals surface area (Å²) in [5.41, 5.74) is 3.67. The van der Waals surface area contributed by atoms with Gasteiger partial charge in [-0.15, -0.1) is 0 Å². The van der Waals surface area contributed by atoms with Gasteiger partial charge in [-0.1, -0.05) is 35.9 Å². The van der Waals surface area contributed by atoms with E-state index in [1.54, 1.807) is 0 Å². The molecule has 1 N–H and O–H groups in total. The Kier molecular flexibility index (Phi) is 3.89. The molecule has 1 aromatic carbocycles. The number of hydrogen-bond acceptors (Lipinski definition) is 3. The van der Waals surface area contributed by atoms with Gasteiger partial charge in [-0.2, -0.15) is 0 Å². The number of nitrogens with one attached hydrogen (secondary N) is 1. The summed E-state index contributed by atoms with van der Waals surface area (Å²) in [5, 5.41) is 2.88. The highest BCUT2D eigenvalue weighted by molar-refractivity contribution is 5.95. The Morgan fingerprint density at radius 2 is 2.00 bits per heavy atom. The lowest BCUT2D eigenvalue weighted by atomic mass is 10.1. The molecule has 3 rings (SSSR count). The van der Waals surface area contributed by atoms with E-state index in [2.05, 4.69) is 10.3 Å². The molecule has 0 atom stereocenters. The van der Waals surface area contributed by atoms with Crippen LogP contribution in [-0.4, -0.2) is 29.0 Å². The average molecular weight is 295 g/mol. The van der Waals surface area contributed by atoms with Crippen LogP contribution in [0, 0.1) is 6.92 Å². The highest BCUT2D eigenvalue weighted by Crippen LogP contribution is 2.28. The molecular weight excluding hydrogens is 278 g/mol. The fourth-order valence-electron chi connectivity index (χ4n) is 2.33. The molecule has 0 spiro atoms. The van der Waals surface area contributed by atoms with Crippen LogP contribution in [0.5, 0.6) is 0 Å². The van der Waals surface area contributed by atoms with Crippen LogP contribution in [0.3, 0.4) is 0 Å². The van der Waals surface area contributed by atoms with Gasteiger partial charge >= 0.3 is 0 Å². The minimum Gasteiger partial charge on any atom is -0.375 e. The Balaban J connectivity index is 2.11. The lowest BCUT2D eigenvalue weighted by molar-refractivity contribution is -0.119. The molecule has 2 heterocycles. The van der Waals surface area contributed by atoms with Gasteiger partial charge in [-0.3, -0.25) is 9.20 Å². The quantitative estimate of drug-likeness (QED) is 0.805.